The lowest BCUT2D eigenvalue weighted by atomic mass is 10.1. The van der Waals surface area contributed by atoms with Crippen LogP contribution in [0.15, 0.2) is 72.8 Å². The molecule has 0 fully saturated rings. The van der Waals surface area contributed by atoms with Gasteiger partial charge < -0.3 is 15.0 Å². The van der Waals surface area contributed by atoms with Gasteiger partial charge in [0.05, 0.1) is 19.2 Å². The molecule has 4 rings (SSSR count). The third kappa shape index (κ3) is 8.55. The van der Waals surface area contributed by atoms with E-state index in [0.29, 0.717) is 38.4 Å². The Morgan fingerprint density at radius 2 is 1.63 bits per heavy atom. The zero-order valence-electron chi connectivity index (χ0n) is 23.3. The van der Waals surface area contributed by atoms with Crippen molar-refractivity contribution in [3.05, 3.63) is 89.5 Å². The summed E-state index contributed by atoms with van der Waals surface area (Å²) >= 11 is 0. The van der Waals surface area contributed by atoms with Crippen molar-refractivity contribution in [3.63, 3.8) is 0 Å². The first-order valence-corrected chi connectivity index (χ1v) is 13.5. The Labute approximate surface area is 238 Å². The molecule has 218 valence electrons. The van der Waals surface area contributed by atoms with Crippen LogP contribution in [0.1, 0.15) is 30.0 Å². The second-order valence-corrected chi connectivity index (χ2v) is 10.1. The normalized spacial score (nSPS) is 15.5. The molecular weight excluding hydrogens is 533 g/mol. The van der Waals surface area contributed by atoms with Crippen LogP contribution in [0.4, 0.5) is 24.5 Å². The number of alkyl halides is 3. The fraction of sp³-hybridized carbons (Fsp3) is 0.355. The van der Waals surface area contributed by atoms with Crippen LogP contribution < -0.4 is 15.0 Å². The van der Waals surface area contributed by atoms with Crippen molar-refractivity contribution in [1.82, 2.24) is 9.80 Å². The minimum Gasteiger partial charge on any atom is -0.497 e. The van der Waals surface area contributed by atoms with Crippen molar-refractivity contribution in [2.75, 3.05) is 50.1 Å². The molecule has 1 heterocycles. The minimum atomic E-state index is -4.44. The van der Waals surface area contributed by atoms with E-state index in [2.05, 4.69) is 10.2 Å². The molecular formula is C31H35F3N4O3. The number of hydrogen-bond donors (Lipinski definition) is 1. The molecule has 0 radical (unpaired) electrons. The Bertz CT molecular complexity index is 1330. The van der Waals surface area contributed by atoms with Crippen LogP contribution in [0.2, 0.25) is 0 Å². The van der Waals surface area contributed by atoms with Gasteiger partial charge in [-0.15, -0.1) is 0 Å². The van der Waals surface area contributed by atoms with Crippen molar-refractivity contribution in [2.24, 2.45) is 0 Å². The number of fused-ring (bicyclic) bond motifs is 1. The average Bonchev–Trinajstić information content (AvgIpc) is 2.96. The van der Waals surface area contributed by atoms with E-state index >= 15 is 0 Å². The number of hydrogen-bond acceptors (Lipinski definition) is 5. The van der Waals surface area contributed by atoms with E-state index in [1.54, 1.807) is 18.9 Å². The maximum atomic E-state index is 13.0. The van der Waals surface area contributed by atoms with Gasteiger partial charge >= 0.3 is 6.18 Å². The number of rotatable bonds is 6. The summed E-state index contributed by atoms with van der Waals surface area (Å²) in [6.45, 7) is 5.24. The Morgan fingerprint density at radius 1 is 0.902 bits per heavy atom. The Balaban J connectivity index is 1.54. The maximum Gasteiger partial charge on any atom is 0.416 e. The van der Waals surface area contributed by atoms with E-state index < -0.39 is 11.7 Å². The highest BCUT2D eigenvalue weighted by molar-refractivity contribution is 5.93. The molecule has 0 aliphatic carbocycles. The summed E-state index contributed by atoms with van der Waals surface area (Å²) in [5.74, 6) is 0.391. The lowest BCUT2D eigenvalue weighted by Gasteiger charge is -2.27. The smallest absolute Gasteiger partial charge is 0.416 e. The summed E-state index contributed by atoms with van der Waals surface area (Å²) in [6, 6.07) is 20.0. The fourth-order valence-electron chi connectivity index (χ4n) is 4.99. The number of anilines is 2. The van der Waals surface area contributed by atoms with Crippen molar-refractivity contribution < 1.29 is 27.5 Å². The molecule has 0 bridgehead atoms. The summed E-state index contributed by atoms with van der Waals surface area (Å²) in [7, 11) is 1.63. The van der Waals surface area contributed by atoms with Crippen molar-refractivity contribution in [2.45, 2.75) is 32.6 Å². The number of carbonyl (C=O) groups is 2. The highest BCUT2D eigenvalue weighted by atomic mass is 19.4. The van der Waals surface area contributed by atoms with E-state index in [0.717, 1.165) is 47.7 Å². The Morgan fingerprint density at radius 3 is 2.34 bits per heavy atom. The highest BCUT2D eigenvalue weighted by Gasteiger charge is 2.30. The number of nitrogens with one attached hydrogen (secondary N) is 1. The zero-order chi connectivity index (χ0) is 29.4. The van der Waals surface area contributed by atoms with Gasteiger partial charge in [0.15, 0.2) is 0 Å². The summed E-state index contributed by atoms with van der Waals surface area (Å²) in [4.78, 5) is 31.8. The molecule has 10 heteroatoms. The van der Waals surface area contributed by atoms with Crippen molar-refractivity contribution >= 4 is 23.2 Å². The number of nitrogens with zero attached hydrogens (tertiary/aromatic N) is 3. The minimum absolute atomic E-state index is 0.0302. The van der Waals surface area contributed by atoms with Gasteiger partial charge in [-0.25, -0.2) is 0 Å². The molecule has 1 aliphatic rings. The lowest BCUT2D eigenvalue weighted by molar-refractivity contribution is -0.137. The molecule has 3 aromatic rings. The van der Waals surface area contributed by atoms with Crippen molar-refractivity contribution in [1.29, 1.82) is 0 Å². The molecule has 0 unspecified atom stereocenters. The summed E-state index contributed by atoms with van der Waals surface area (Å²) in [6.07, 6.45) is -3.67. The second-order valence-electron chi connectivity index (χ2n) is 10.1. The van der Waals surface area contributed by atoms with E-state index in [1.165, 1.54) is 12.1 Å². The van der Waals surface area contributed by atoms with Crippen LogP contribution in [-0.2, 0) is 28.9 Å². The van der Waals surface area contributed by atoms with E-state index in [4.69, 9.17) is 4.74 Å². The molecule has 0 saturated carbocycles. The molecule has 0 aromatic heterocycles. The van der Waals surface area contributed by atoms with Crippen LogP contribution in [0.3, 0.4) is 0 Å². The van der Waals surface area contributed by atoms with Crippen LogP contribution in [0, 0.1) is 0 Å². The predicted octanol–water partition coefficient (Wildman–Crippen LogP) is 5.41. The van der Waals surface area contributed by atoms with Crippen LogP contribution in [0.25, 0.3) is 0 Å². The molecule has 0 saturated heterocycles. The molecule has 41 heavy (non-hydrogen) atoms. The van der Waals surface area contributed by atoms with Crippen molar-refractivity contribution in [3.8, 4) is 5.75 Å². The van der Waals surface area contributed by atoms with Gasteiger partial charge in [0.25, 0.3) is 0 Å². The van der Waals surface area contributed by atoms with Crippen LogP contribution in [-0.4, -0.2) is 61.4 Å². The largest absolute Gasteiger partial charge is 0.497 e. The third-order valence-electron chi connectivity index (χ3n) is 7.05. The Kier molecular flexibility index (Phi) is 10.0. The molecule has 7 nitrogen and oxygen atoms in total. The molecule has 0 spiro atoms. The van der Waals surface area contributed by atoms with E-state index in [1.807, 2.05) is 53.4 Å². The Hall–Kier alpha value is -3.89. The molecule has 0 atom stereocenters. The van der Waals surface area contributed by atoms with Gasteiger partial charge in [0, 0.05) is 57.6 Å². The molecule has 3 aromatic carbocycles. The van der Waals surface area contributed by atoms with Gasteiger partial charge in [0.1, 0.15) is 5.75 Å². The SMILES string of the molecule is COc1cccc(CN2CCCN(C(C)=O)c3ccccc3CN(CC(=O)Nc3ccc(C(F)(F)F)cc3)CC2)c1. The first-order valence-electron chi connectivity index (χ1n) is 13.5. The number of amides is 2. The molecule has 2 amide bonds. The predicted molar refractivity (Wildman–Crippen MR) is 153 cm³/mol. The van der Waals surface area contributed by atoms with Gasteiger partial charge in [-0.05, 0) is 60.0 Å². The first kappa shape index (κ1) is 30.1. The number of methoxy groups -OCH3 is 1. The monoisotopic (exact) mass is 568 g/mol. The van der Waals surface area contributed by atoms with Crippen LogP contribution in [0.5, 0.6) is 5.75 Å². The third-order valence-corrected chi connectivity index (χ3v) is 7.05. The highest BCUT2D eigenvalue weighted by Crippen LogP contribution is 2.30. The molecule has 1 N–H and O–H groups in total. The van der Waals surface area contributed by atoms with Crippen LogP contribution >= 0.6 is 0 Å². The topological polar surface area (TPSA) is 65.1 Å². The van der Waals surface area contributed by atoms with Gasteiger partial charge in [-0.3, -0.25) is 19.4 Å². The van der Waals surface area contributed by atoms with Gasteiger partial charge in [-0.1, -0.05) is 30.3 Å². The van der Waals surface area contributed by atoms with Gasteiger partial charge in [0.2, 0.25) is 11.8 Å². The molecule has 1 aliphatic heterocycles. The number of halogens is 3. The standard InChI is InChI=1S/C31H35F3N4O3/c1-23(39)38-16-6-15-36(20-24-7-5-9-28(19-24)41-2)17-18-37(21-25-8-3-4-10-29(25)38)22-30(40)35-27-13-11-26(12-14-27)31(32,33)34/h3-5,7-14,19H,6,15-18,20-22H2,1-2H3,(H,35,40). The van der Waals surface area contributed by atoms with E-state index in [9.17, 15) is 22.8 Å². The maximum absolute atomic E-state index is 13.0. The number of ether oxygens (including phenoxy) is 1. The number of carbonyl (C=O) groups excluding carboxylic acids is 2. The number of para-hydroxylation sites is 1. The number of benzene rings is 3. The summed E-state index contributed by atoms with van der Waals surface area (Å²) in [5.41, 5.74) is 2.35. The quantitative estimate of drug-likeness (QED) is 0.431. The fourth-order valence-corrected chi connectivity index (χ4v) is 4.99. The summed E-state index contributed by atoms with van der Waals surface area (Å²) in [5, 5.41) is 2.72. The first-order chi connectivity index (χ1) is 19.6. The zero-order valence-corrected chi connectivity index (χ0v) is 23.3. The second kappa shape index (κ2) is 13.6. The van der Waals surface area contributed by atoms with Gasteiger partial charge in [-0.2, -0.15) is 13.2 Å². The lowest BCUT2D eigenvalue weighted by Crippen LogP contribution is -2.39. The summed E-state index contributed by atoms with van der Waals surface area (Å²) < 4.78 is 44.2. The average molecular weight is 569 g/mol. The van der Waals surface area contributed by atoms with E-state index in [-0.39, 0.29) is 18.4 Å².